The molecule has 2 rings (SSSR count). The zero-order valence-electron chi connectivity index (χ0n) is 13.4. The quantitative estimate of drug-likeness (QED) is 0.495. The van der Waals surface area contributed by atoms with Gasteiger partial charge in [0.25, 0.3) is 0 Å². The zero-order valence-corrected chi connectivity index (χ0v) is 14.2. The maximum atomic E-state index is 10.4. The molecule has 0 unspecified atom stereocenters. The van der Waals surface area contributed by atoms with Gasteiger partial charge in [-0.25, -0.2) is 4.79 Å². The first-order chi connectivity index (χ1) is 10.2. The van der Waals surface area contributed by atoms with E-state index in [1.54, 1.807) is 11.8 Å². The second-order valence-electron chi connectivity index (χ2n) is 6.24. The number of amides is 1. The average molecular weight is 323 g/mol. The molecule has 22 heavy (non-hydrogen) atoms. The van der Waals surface area contributed by atoms with Gasteiger partial charge in [0.05, 0.1) is 11.2 Å². The van der Waals surface area contributed by atoms with Gasteiger partial charge in [-0.3, -0.25) is 0 Å². The molecule has 2 N–H and O–H groups in total. The summed E-state index contributed by atoms with van der Waals surface area (Å²) in [6, 6.07) is 8.00. The number of rotatable bonds is 5. The fraction of sp³-hybridized carbons (Fsp3) is 0.533. The lowest BCUT2D eigenvalue weighted by Crippen LogP contribution is -2.41. The Labute approximate surface area is 135 Å². The minimum Gasteiger partial charge on any atom is -0.465 e. The third-order valence-electron chi connectivity index (χ3n) is 4.05. The standard InChI is InChI=1S/C15H22BNO4S/c1-14(2)15(3,4)21-16(20-14)11-5-7-12(8-6-11)22-10-9-17-13(18)19/h5-8,17H,9-10H2,1-4H3,(H,18,19). The number of hydrogen-bond donors (Lipinski definition) is 2. The lowest BCUT2D eigenvalue weighted by Gasteiger charge is -2.32. The Morgan fingerprint density at radius 2 is 1.73 bits per heavy atom. The number of carboxylic acid groups (broad SMARTS) is 1. The predicted octanol–water partition coefficient (Wildman–Crippen LogP) is 2.35. The molecule has 120 valence electrons. The first kappa shape index (κ1) is 17.2. The van der Waals surface area contributed by atoms with Crippen LogP contribution in [0.15, 0.2) is 29.2 Å². The van der Waals surface area contributed by atoms with Crippen LogP contribution >= 0.6 is 11.8 Å². The summed E-state index contributed by atoms with van der Waals surface area (Å²) in [5.74, 6) is 0.697. The van der Waals surface area contributed by atoms with Crippen molar-refractivity contribution in [3.05, 3.63) is 24.3 Å². The molecule has 0 atom stereocenters. The highest BCUT2D eigenvalue weighted by Gasteiger charge is 2.51. The van der Waals surface area contributed by atoms with Crippen molar-refractivity contribution < 1.29 is 19.2 Å². The molecule has 5 nitrogen and oxygen atoms in total. The molecule has 1 heterocycles. The van der Waals surface area contributed by atoms with E-state index in [1.165, 1.54) is 0 Å². The first-order valence-electron chi connectivity index (χ1n) is 7.26. The highest BCUT2D eigenvalue weighted by Crippen LogP contribution is 2.36. The average Bonchev–Trinajstić information content (AvgIpc) is 2.64. The molecular weight excluding hydrogens is 301 g/mol. The Morgan fingerprint density at radius 1 is 1.18 bits per heavy atom. The molecule has 7 heteroatoms. The summed E-state index contributed by atoms with van der Waals surface area (Å²) in [5, 5.41) is 10.9. The Bertz CT molecular complexity index is 517. The SMILES string of the molecule is CC1(C)OB(c2ccc(SCCNC(=O)O)cc2)OC1(C)C. The highest BCUT2D eigenvalue weighted by atomic mass is 32.2. The molecule has 0 aromatic heterocycles. The molecule has 0 radical (unpaired) electrons. The van der Waals surface area contributed by atoms with Crippen molar-refractivity contribution in [3.63, 3.8) is 0 Å². The Hall–Kier alpha value is -1.18. The molecule has 1 fully saturated rings. The van der Waals surface area contributed by atoms with Gasteiger partial charge in [-0.05, 0) is 45.3 Å². The third-order valence-corrected chi connectivity index (χ3v) is 5.07. The molecule has 1 aliphatic rings. The van der Waals surface area contributed by atoms with Crippen molar-refractivity contribution >= 4 is 30.4 Å². The lowest BCUT2D eigenvalue weighted by atomic mass is 9.79. The van der Waals surface area contributed by atoms with E-state index in [0.29, 0.717) is 12.3 Å². The van der Waals surface area contributed by atoms with Crippen LogP contribution in [0, 0.1) is 0 Å². The summed E-state index contributed by atoms with van der Waals surface area (Å²) >= 11 is 1.61. The summed E-state index contributed by atoms with van der Waals surface area (Å²) in [4.78, 5) is 11.4. The number of hydrogen-bond acceptors (Lipinski definition) is 4. The maximum absolute atomic E-state index is 10.4. The van der Waals surface area contributed by atoms with Gasteiger partial charge in [0.15, 0.2) is 0 Å². The minimum atomic E-state index is -0.989. The third kappa shape index (κ3) is 3.97. The highest BCUT2D eigenvalue weighted by molar-refractivity contribution is 7.99. The van der Waals surface area contributed by atoms with Gasteiger partial charge in [-0.2, -0.15) is 0 Å². The van der Waals surface area contributed by atoms with Gasteiger partial charge in [0.1, 0.15) is 0 Å². The Kier molecular flexibility index (Phi) is 5.09. The first-order valence-corrected chi connectivity index (χ1v) is 8.25. The largest absolute Gasteiger partial charge is 0.494 e. The van der Waals surface area contributed by atoms with Gasteiger partial charge < -0.3 is 19.7 Å². The smallest absolute Gasteiger partial charge is 0.465 e. The van der Waals surface area contributed by atoms with E-state index in [1.807, 2.05) is 52.0 Å². The van der Waals surface area contributed by atoms with Crippen molar-refractivity contribution in [1.82, 2.24) is 5.32 Å². The number of thioether (sulfide) groups is 1. The molecule has 0 spiro atoms. The van der Waals surface area contributed by atoms with Crippen LogP contribution in [0.2, 0.25) is 0 Å². The van der Waals surface area contributed by atoms with Crippen LogP contribution in [0.1, 0.15) is 27.7 Å². The summed E-state index contributed by atoms with van der Waals surface area (Å²) in [7, 11) is -0.349. The molecule has 1 aromatic carbocycles. The van der Waals surface area contributed by atoms with E-state index < -0.39 is 6.09 Å². The summed E-state index contributed by atoms with van der Waals surface area (Å²) < 4.78 is 12.0. The van der Waals surface area contributed by atoms with E-state index in [0.717, 1.165) is 10.4 Å². The Balaban J connectivity index is 1.91. The molecule has 1 aliphatic heterocycles. The summed E-state index contributed by atoms with van der Waals surface area (Å²) in [6.45, 7) is 8.57. The topological polar surface area (TPSA) is 67.8 Å². The van der Waals surface area contributed by atoms with Crippen molar-refractivity contribution in [2.75, 3.05) is 12.3 Å². The second kappa shape index (κ2) is 6.52. The van der Waals surface area contributed by atoms with Crippen molar-refractivity contribution in [3.8, 4) is 0 Å². The molecular formula is C15H22BNO4S. The zero-order chi connectivity index (χ0) is 16.4. The predicted molar refractivity (Wildman–Crippen MR) is 88.9 cm³/mol. The summed E-state index contributed by atoms with van der Waals surface area (Å²) in [5.41, 5.74) is 0.313. The monoisotopic (exact) mass is 323 g/mol. The van der Waals surface area contributed by atoms with Crippen molar-refractivity contribution in [2.45, 2.75) is 43.8 Å². The van der Waals surface area contributed by atoms with Crippen LogP contribution in [-0.2, 0) is 9.31 Å². The van der Waals surface area contributed by atoms with Crippen LogP contribution in [0.3, 0.4) is 0 Å². The molecule has 0 aliphatic carbocycles. The summed E-state index contributed by atoms with van der Waals surface area (Å²) in [6.07, 6.45) is -0.989. The van der Waals surface area contributed by atoms with Gasteiger partial charge in [0.2, 0.25) is 0 Å². The molecule has 1 amide bonds. The van der Waals surface area contributed by atoms with E-state index in [-0.39, 0.29) is 18.3 Å². The molecule has 0 saturated carbocycles. The van der Waals surface area contributed by atoms with Gasteiger partial charge >= 0.3 is 13.2 Å². The van der Waals surface area contributed by atoms with Crippen molar-refractivity contribution in [2.24, 2.45) is 0 Å². The molecule has 0 bridgehead atoms. The van der Waals surface area contributed by atoms with E-state index in [4.69, 9.17) is 14.4 Å². The second-order valence-corrected chi connectivity index (χ2v) is 7.41. The van der Waals surface area contributed by atoms with E-state index >= 15 is 0 Å². The van der Waals surface area contributed by atoms with Crippen LogP contribution in [0.25, 0.3) is 0 Å². The van der Waals surface area contributed by atoms with Gasteiger partial charge in [0, 0.05) is 17.2 Å². The fourth-order valence-corrected chi connectivity index (χ4v) is 2.80. The van der Waals surface area contributed by atoms with Crippen LogP contribution in [0.5, 0.6) is 0 Å². The van der Waals surface area contributed by atoms with Crippen LogP contribution < -0.4 is 10.8 Å². The lowest BCUT2D eigenvalue weighted by molar-refractivity contribution is 0.00578. The Morgan fingerprint density at radius 3 is 2.23 bits per heavy atom. The normalized spacial score (nSPS) is 19.2. The number of benzene rings is 1. The van der Waals surface area contributed by atoms with Crippen LogP contribution in [0.4, 0.5) is 4.79 Å². The molecule has 1 saturated heterocycles. The minimum absolute atomic E-state index is 0.340. The maximum Gasteiger partial charge on any atom is 0.494 e. The molecule has 1 aromatic rings. The van der Waals surface area contributed by atoms with E-state index in [2.05, 4.69) is 5.32 Å². The van der Waals surface area contributed by atoms with Crippen molar-refractivity contribution in [1.29, 1.82) is 0 Å². The van der Waals surface area contributed by atoms with Crippen LogP contribution in [-0.4, -0.2) is 41.8 Å². The van der Waals surface area contributed by atoms with Gasteiger partial charge in [-0.1, -0.05) is 12.1 Å². The number of nitrogens with one attached hydrogen (secondary N) is 1. The number of carbonyl (C=O) groups is 1. The fourth-order valence-electron chi connectivity index (χ4n) is 2.03. The van der Waals surface area contributed by atoms with Gasteiger partial charge in [-0.15, -0.1) is 11.8 Å². The van der Waals surface area contributed by atoms with E-state index in [9.17, 15) is 4.79 Å².